The summed E-state index contributed by atoms with van der Waals surface area (Å²) in [6.07, 6.45) is 3.29. The van der Waals surface area contributed by atoms with Gasteiger partial charge in [0.2, 0.25) is 0 Å². The lowest BCUT2D eigenvalue weighted by Gasteiger charge is -2.26. The Morgan fingerprint density at radius 3 is 2.87 bits per heavy atom. The molecule has 15 heavy (non-hydrogen) atoms. The van der Waals surface area contributed by atoms with E-state index in [1.165, 1.54) is 6.20 Å². The van der Waals surface area contributed by atoms with E-state index in [1.54, 1.807) is 16.8 Å². The Hall–Kier alpha value is -1.20. The molecular weight excluding hydrogens is 194 g/mol. The summed E-state index contributed by atoms with van der Waals surface area (Å²) in [5.41, 5.74) is -0.175. The third-order valence-corrected chi connectivity index (χ3v) is 2.54. The molecule has 2 heterocycles. The zero-order chi connectivity index (χ0) is 10.5. The van der Waals surface area contributed by atoms with Crippen LogP contribution in [0.3, 0.4) is 0 Å². The van der Waals surface area contributed by atoms with Crippen molar-refractivity contribution in [1.29, 1.82) is 0 Å². The van der Waals surface area contributed by atoms with Crippen LogP contribution in [0.1, 0.15) is 0 Å². The quantitative estimate of drug-likeness (QED) is 0.678. The molecule has 1 aliphatic rings. The van der Waals surface area contributed by atoms with Crippen LogP contribution in [-0.4, -0.2) is 47.3 Å². The standard InChI is InChI=1S/C10H15N3O2/c14-10-11-2-1-3-13(10)5-4-12-6-8-15-9-7-12/h1-3H,4-9H2. The van der Waals surface area contributed by atoms with Crippen molar-refractivity contribution in [2.24, 2.45) is 0 Å². The lowest BCUT2D eigenvalue weighted by Crippen LogP contribution is -2.39. The van der Waals surface area contributed by atoms with Gasteiger partial charge in [0, 0.05) is 38.6 Å². The first-order chi connectivity index (χ1) is 7.36. The normalized spacial score (nSPS) is 17.9. The van der Waals surface area contributed by atoms with Crippen molar-refractivity contribution in [2.75, 3.05) is 32.8 Å². The molecule has 1 saturated heterocycles. The number of ether oxygens (including phenoxy) is 1. The Bertz CT molecular complexity index is 358. The topological polar surface area (TPSA) is 47.4 Å². The van der Waals surface area contributed by atoms with Crippen LogP contribution < -0.4 is 5.69 Å². The molecule has 1 aliphatic heterocycles. The van der Waals surface area contributed by atoms with Gasteiger partial charge in [0.05, 0.1) is 13.2 Å². The molecule has 1 aromatic rings. The molecule has 0 spiro atoms. The van der Waals surface area contributed by atoms with Crippen LogP contribution in [0.5, 0.6) is 0 Å². The maximum Gasteiger partial charge on any atom is 0.347 e. The predicted molar refractivity (Wildman–Crippen MR) is 55.8 cm³/mol. The van der Waals surface area contributed by atoms with E-state index in [0.717, 1.165) is 32.8 Å². The molecule has 0 atom stereocenters. The summed E-state index contributed by atoms with van der Waals surface area (Å²) < 4.78 is 6.89. The van der Waals surface area contributed by atoms with Gasteiger partial charge < -0.3 is 4.74 Å². The fraction of sp³-hybridized carbons (Fsp3) is 0.600. The number of morpholine rings is 1. The van der Waals surface area contributed by atoms with E-state index >= 15 is 0 Å². The molecular formula is C10H15N3O2. The van der Waals surface area contributed by atoms with Gasteiger partial charge in [-0.05, 0) is 6.07 Å². The first-order valence-electron chi connectivity index (χ1n) is 5.18. The monoisotopic (exact) mass is 209 g/mol. The molecule has 0 aliphatic carbocycles. The van der Waals surface area contributed by atoms with Gasteiger partial charge >= 0.3 is 5.69 Å². The second kappa shape index (κ2) is 5.04. The third-order valence-electron chi connectivity index (χ3n) is 2.54. The maximum absolute atomic E-state index is 11.3. The molecule has 1 aromatic heterocycles. The fourth-order valence-electron chi connectivity index (χ4n) is 1.63. The second-order valence-electron chi connectivity index (χ2n) is 3.55. The van der Waals surface area contributed by atoms with Gasteiger partial charge in [-0.3, -0.25) is 9.47 Å². The largest absolute Gasteiger partial charge is 0.379 e. The van der Waals surface area contributed by atoms with E-state index in [4.69, 9.17) is 4.74 Å². The summed E-state index contributed by atoms with van der Waals surface area (Å²) in [6, 6.07) is 1.78. The van der Waals surface area contributed by atoms with Gasteiger partial charge in [0.15, 0.2) is 0 Å². The Labute approximate surface area is 88.3 Å². The molecule has 0 unspecified atom stereocenters. The number of hydrogen-bond donors (Lipinski definition) is 0. The number of nitrogens with zero attached hydrogens (tertiary/aromatic N) is 3. The van der Waals surface area contributed by atoms with Gasteiger partial charge in [-0.25, -0.2) is 9.78 Å². The van der Waals surface area contributed by atoms with Crippen molar-refractivity contribution in [1.82, 2.24) is 14.5 Å². The summed E-state index contributed by atoms with van der Waals surface area (Å²) in [5, 5.41) is 0. The van der Waals surface area contributed by atoms with Gasteiger partial charge in [-0.2, -0.15) is 0 Å². The summed E-state index contributed by atoms with van der Waals surface area (Å²) in [6.45, 7) is 5.08. The van der Waals surface area contributed by atoms with Crippen LogP contribution >= 0.6 is 0 Å². The van der Waals surface area contributed by atoms with Gasteiger partial charge in [-0.15, -0.1) is 0 Å². The summed E-state index contributed by atoms with van der Waals surface area (Å²) >= 11 is 0. The molecule has 1 fully saturated rings. The van der Waals surface area contributed by atoms with E-state index in [2.05, 4.69) is 9.88 Å². The Kier molecular flexibility index (Phi) is 3.47. The maximum atomic E-state index is 11.3. The van der Waals surface area contributed by atoms with Crippen molar-refractivity contribution < 1.29 is 4.74 Å². The highest BCUT2D eigenvalue weighted by Gasteiger charge is 2.09. The first kappa shape index (κ1) is 10.3. The van der Waals surface area contributed by atoms with Crippen molar-refractivity contribution in [2.45, 2.75) is 6.54 Å². The van der Waals surface area contributed by atoms with Crippen molar-refractivity contribution in [3.8, 4) is 0 Å². The fourth-order valence-corrected chi connectivity index (χ4v) is 1.63. The Morgan fingerprint density at radius 2 is 2.13 bits per heavy atom. The molecule has 2 rings (SSSR count). The van der Waals surface area contributed by atoms with Crippen molar-refractivity contribution in [3.63, 3.8) is 0 Å². The van der Waals surface area contributed by atoms with E-state index in [9.17, 15) is 4.79 Å². The molecule has 0 saturated carbocycles. The number of rotatable bonds is 3. The summed E-state index contributed by atoms with van der Waals surface area (Å²) in [7, 11) is 0. The van der Waals surface area contributed by atoms with E-state index in [0.29, 0.717) is 6.54 Å². The van der Waals surface area contributed by atoms with Gasteiger partial charge in [0.1, 0.15) is 0 Å². The smallest absolute Gasteiger partial charge is 0.347 e. The third kappa shape index (κ3) is 2.87. The zero-order valence-corrected chi connectivity index (χ0v) is 8.63. The minimum atomic E-state index is -0.175. The first-order valence-corrected chi connectivity index (χ1v) is 5.18. The predicted octanol–water partition coefficient (Wildman–Crippen LogP) is -0.424. The van der Waals surface area contributed by atoms with E-state index in [-0.39, 0.29) is 5.69 Å². The summed E-state index contributed by atoms with van der Waals surface area (Å²) in [5.74, 6) is 0. The SMILES string of the molecule is O=c1ncccn1CCN1CCOCC1. The van der Waals surface area contributed by atoms with Crippen LogP contribution in [-0.2, 0) is 11.3 Å². The Balaban J connectivity index is 1.87. The van der Waals surface area contributed by atoms with Crippen LogP contribution in [0.2, 0.25) is 0 Å². The average molecular weight is 209 g/mol. The zero-order valence-electron chi connectivity index (χ0n) is 8.63. The molecule has 82 valence electrons. The number of aromatic nitrogens is 2. The highest BCUT2D eigenvalue weighted by molar-refractivity contribution is 4.81. The van der Waals surface area contributed by atoms with Crippen LogP contribution in [0.15, 0.2) is 23.3 Å². The molecule has 0 amide bonds. The molecule has 5 heteroatoms. The molecule has 0 aromatic carbocycles. The van der Waals surface area contributed by atoms with Gasteiger partial charge in [-0.1, -0.05) is 0 Å². The average Bonchev–Trinajstić information content (AvgIpc) is 2.29. The second-order valence-corrected chi connectivity index (χ2v) is 3.55. The molecule has 5 nitrogen and oxygen atoms in total. The van der Waals surface area contributed by atoms with Crippen molar-refractivity contribution in [3.05, 3.63) is 28.9 Å². The molecule has 0 N–H and O–H groups in total. The summed E-state index contributed by atoms with van der Waals surface area (Å²) in [4.78, 5) is 17.3. The molecule has 0 radical (unpaired) electrons. The van der Waals surface area contributed by atoms with Crippen LogP contribution in [0.4, 0.5) is 0 Å². The van der Waals surface area contributed by atoms with Crippen molar-refractivity contribution >= 4 is 0 Å². The molecule has 0 bridgehead atoms. The van der Waals surface area contributed by atoms with Crippen LogP contribution in [0.25, 0.3) is 0 Å². The number of hydrogen-bond acceptors (Lipinski definition) is 4. The highest BCUT2D eigenvalue weighted by atomic mass is 16.5. The Morgan fingerprint density at radius 1 is 1.33 bits per heavy atom. The van der Waals surface area contributed by atoms with Gasteiger partial charge in [0.25, 0.3) is 0 Å². The van der Waals surface area contributed by atoms with E-state index in [1.807, 2.05) is 0 Å². The van der Waals surface area contributed by atoms with Crippen LogP contribution in [0, 0.1) is 0 Å². The lowest BCUT2D eigenvalue weighted by atomic mass is 10.4. The highest BCUT2D eigenvalue weighted by Crippen LogP contribution is 1.96. The minimum absolute atomic E-state index is 0.175. The van der Waals surface area contributed by atoms with E-state index < -0.39 is 0 Å². The lowest BCUT2D eigenvalue weighted by molar-refractivity contribution is 0.0362. The minimum Gasteiger partial charge on any atom is -0.379 e.